The molecule has 1 aromatic rings. The molecule has 2 rings (SSSR count). The van der Waals surface area contributed by atoms with Crippen LogP contribution in [-0.4, -0.2) is 47.2 Å². The maximum Gasteiger partial charge on any atom is 0.308 e. The number of ether oxygens (including phenoxy) is 1. The molecule has 0 bridgehead atoms. The van der Waals surface area contributed by atoms with E-state index in [1.54, 1.807) is 6.07 Å². The fourth-order valence-electron chi connectivity index (χ4n) is 2.46. The fourth-order valence-corrected chi connectivity index (χ4v) is 2.46. The van der Waals surface area contributed by atoms with Crippen molar-refractivity contribution >= 4 is 11.9 Å². The van der Waals surface area contributed by atoms with Gasteiger partial charge in [-0.25, -0.2) is 0 Å². The van der Waals surface area contributed by atoms with Gasteiger partial charge in [-0.1, -0.05) is 6.92 Å². The molecule has 2 N–H and O–H groups in total. The molecule has 0 spiro atoms. The van der Waals surface area contributed by atoms with E-state index < -0.39 is 11.9 Å². The van der Waals surface area contributed by atoms with E-state index >= 15 is 0 Å². The molecule has 1 amide bonds. The minimum atomic E-state index is -0.884. The summed E-state index contributed by atoms with van der Waals surface area (Å²) < 4.78 is 4.92. The second-order valence-corrected chi connectivity index (χ2v) is 5.02. The summed E-state index contributed by atoms with van der Waals surface area (Å²) in [5.74, 6) is -1.60. The van der Waals surface area contributed by atoms with E-state index in [9.17, 15) is 14.7 Å². The van der Waals surface area contributed by atoms with E-state index in [0.717, 1.165) is 0 Å². The van der Waals surface area contributed by atoms with Gasteiger partial charge in [0.15, 0.2) is 11.5 Å². The van der Waals surface area contributed by atoms with Crippen LogP contribution in [0.3, 0.4) is 0 Å². The van der Waals surface area contributed by atoms with Gasteiger partial charge in [0.1, 0.15) is 0 Å². The number of carbonyl (C=O) groups excluding carboxylic acids is 1. The monoisotopic (exact) mass is 279 g/mol. The maximum atomic E-state index is 12.3. The van der Waals surface area contributed by atoms with Crippen LogP contribution in [0.15, 0.2) is 18.2 Å². The summed E-state index contributed by atoms with van der Waals surface area (Å²) in [6, 6.07) is 4.40. The lowest BCUT2D eigenvalue weighted by Gasteiger charge is -2.16. The molecule has 0 aliphatic carbocycles. The van der Waals surface area contributed by atoms with E-state index in [-0.39, 0.29) is 24.1 Å². The van der Waals surface area contributed by atoms with Gasteiger partial charge in [-0.15, -0.1) is 0 Å². The summed E-state index contributed by atoms with van der Waals surface area (Å²) in [5.41, 5.74) is 0.321. The highest BCUT2D eigenvalue weighted by Crippen LogP contribution is 2.29. The van der Waals surface area contributed by atoms with Crippen molar-refractivity contribution in [1.29, 1.82) is 0 Å². The Bertz CT molecular complexity index is 542. The number of hydrogen-bond donors (Lipinski definition) is 2. The summed E-state index contributed by atoms with van der Waals surface area (Å²) in [5, 5.41) is 18.8. The van der Waals surface area contributed by atoms with Gasteiger partial charge >= 0.3 is 5.97 Å². The van der Waals surface area contributed by atoms with Crippen LogP contribution in [0.25, 0.3) is 0 Å². The summed E-state index contributed by atoms with van der Waals surface area (Å²) in [6.45, 7) is 2.42. The fraction of sp³-hybridized carbons (Fsp3) is 0.429. The van der Waals surface area contributed by atoms with Crippen LogP contribution in [0.5, 0.6) is 11.5 Å². The molecule has 0 saturated carbocycles. The maximum absolute atomic E-state index is 12.3. The van der Waals surface area contributed by atoms with Crippen LogP contribution >= 0.6 is 0 Å². The second kappa shape index (κ2) is 5.40. The highest BCUT2D eigenvalue weighted by molar-refractivity contribution is 5.95. The number of carboxylic acids is 1. The van der Waals surface area contributed by atoms with Crippen molar-refractivity contribution in [3.8, 4) is 11.5 Å². The zero-order valence-corrected chi connectivity index (χ0v) is 11.4. The lowest BCUT2D eigenvalue weighted by atomic mass is 9.99. The average molecular weight is 279 g/mol. The van der Waals surface area contributed by atoms with Crippen LogP contribution in [0.1, 0.15) is 17.3 Å². The van der Waals surface area contributed by atoms with Gasteiger partial charge in [0.2, 0.25) is 0 Å². The number of amides is 1. The zero-order chi connectivity index (χ0) is 14.9. The van der Waals surface area contributed by atoms with E-state index in [0.29, 0.717) is 17.9 Å². The molecule has 6 heteroatoms. The number of carbonyl (C=O) groups is 2. The van der Waals surface area contributed by atoms with Crippen LogP contribution in [0.2, 0.25) is 0 Å². The Labute approximate surface area is 116 Å². The summed E-state index contributed by atoms with van der Waals surface area (Å²) in [7, 11) is 1.43. The first-order valence-corrected chi connectivity index (χ1v) is 6.33. The highest BCUT2D eigenvalue weighted by atomic mass is 16.5. The van der Waals surface area contributed by atoms with E-state index in [2.05, 4.69) is 0 Å². The molecule has 0 aromatic heterocycles. The molecule has 1 heterocycles. The molecule has 108 valence electrons. The predicted molar refractivity (Wildman–Crippen MR) is 70.9 cm³/mol. The molecular formula is C14H17NO5. The van der Waals surface area contributed by atoms with Gasteiger partial charge in [-0.05, 0) is 24.1 Å². The van der Waals surface area contributed by atoms with Gasteiger partial charge < -0.3 is 19.8 Å². The van der Waals surface area contributed by atoms with Gasteiger partial charge in [0.05, 0.1) is 13.0 Å². The SMILES string of the molecule is COc1ccc(C(=O)N2C[C@@H](C)[C@H](C(=O)O)C2)cc1O. The minimum Gasteiger partial charge on any atom is -0.504 e. The number of phenolic OH excluding ortho intramolecular Hbond substituents is 1. The van der Waals surface area contributed by atoms with Crippen LogP contribution in [0, 0.1) is 11.8 Å². The van der Waals surface area contributed by atoms with Crippen molar-refractivity contribution in [2.45, 2.75) is 6.92 Å². The number of carboxylic acid groups (broad SMARTS) is 1. The first-order chi connectivity index (χ1) is 9.43. The smallest absolute Gasteiger partial charge is 0.308 e. The van der Waals surface area contributed by atoms with Crippen molar-refractivity contribution in [1.82, 2.24) is 4.90 Å². The van der Waals surface area contributed by atoms with E-state index in [1.807, 2.05) is 6.92 Å². The van der Waals surface area contributed by atoms with Gasteiger partial charge in [0, 0.05) is 18.7 Å². The third-order valence-corrected chi connectivity index (χ3v) is 3.64. The van der Waals surface area contributed by atoms with Gasteiger partial charge in [-0.2, -0.15) is 0 Å². The molecule has 0 radical (unpaired) electrons. The lowest BCUT2D eigenvalue weighted by molar-refractivity contribution is -0.142. The molecular weight excluding hydrogens is 262 g/mol. The first-order valence-electron chi connectivity index (χ1n) is 6.33. The number of hydrogen-bond acceptors (Lipinski definition) is 4. The van der Waals surface area contributed by atoms with Crippen molar-refractivity contribution in [3.05, 3.63) is 23.8 Å². The van der Waals surface area contributed by atoms with Crippen molar-refractivity contribution < 1.29 is 24.5 Å². The lowest BCUT2D eigenvalue weighted by Crippen LogP contribution is -2.29. The molecule has 1 aliphatic rings. The number of benzene rings is 1. The predicted octanol–water partition coefficient (Wildman–Crippen LogP) is 1.19. The molecule has 1 saturated heterocycles. The quantitative estimate of drug-likeness (QED) is 0.868. The molecule has 1 aromatic carbocycles. The Hall–Kier alpha value is -2.24. The molecule has 1 fully saturated rings. The Morgan fingerprint density at radius 2 is 2.05 bits per heavy atom. The third kappa shape index (κ3) is 2.54. The zero-order valence-electron chi connectivity index (χ0n) is 11.4. The topological polar surface area (TPSA) is 87.1 Å². The van der Waals surface area contributed by atoms with Crippen molar-refractivity contribution in [2.75, 3.05) is 20.2 Å². The third-order valence-electron chi connectivity index (χ3n) is 3.64. The normalized spacial score (nSPS) is 21.8. The Morgan fingerprint density at radius 3 is 2.55 bits per heavy atom. The van der Waals surface area contributed by atoms with Crippen LogP contribution in [-0.2, 0) is 4.79 Å². The number of nitrogens with zero attached hydrogens (tertiary/aromatic N) is 1. The molecule has 20 heavy (non-hydrogen) atoms. The number of likely N-dealkylation sites (tertiary alicyclic amines) is 1. The summed E-state index contributed by atoms with van der Waals surface area (Å²) in [4.78, 5) is 24.9. The van der Waals surface area contributed by atoms with Crippen LogP contribution < -0.4 is 4.74 Å². The molecule has 2 atom stereocenters. The minimum absolute atomic E-state index is 0.0803. The Morgan fingerprint density at radius 1 is 1.35 bits per heavy atom. The van der Waals surface area contributed by atoms with Gasteiger partial charge in [0.25, 0.3) is 5.91 Å². The Kier molecular flexibility index (Phi) is 3.83. The second-order valence-electron chi connectivity index (χ2n) is 5.02. The summed E-state index contributed by atoms with van der Waals surface area (Å²) >= 11 is 0. The number of rotatable bonds is 3. The standard InChI is InChI=1S/C14H17NO5/c1-8-6-15(7-10(8)14(18)19)13(17)9-3-4-12(20-2)11(16)5-9/h3-5,8,10,16H,6-7H2,1-2H3,(H,18,19)/t8-,10-/m1/s1. The largest absolute Gasteiger partial charge is 0.504 e. The van der Waals surface area contributed by atoms with Crippen molar-refractivity contribution in [3.63, 3.8) is 0 Å². The number of aromatic hydroxyl groups is 1. The van der Waals surface area contributed by atoms with E-state index in [1.165, 1.54) is 24.1 Å². The number of methoxy groups -OCH3 is 1. The average Bonchev–Trinajstić information content (AvgIpc) is 2.80. The molecule has 0 unspecified atom stereocenters. The van der Waals surface area contributed by atoms with Crippen LogP contribution in [0.4, 0.5) is 0 Å². The van der Waals surface area contributed by atoms with Crippen molar-refractivity contribution in [2.24, 2.45) is 11.8 Å². The van der Waals surface area contributed by atoms with E-state index in [4.69, 9.17) is 9.84 Å². The Balaban J connectivity index is 2.16. The first kappa shape index (κ1) is 14.2. The number of aliphatic carboxylic acids is 1. The highest BCUT2D eigenvalue weighted by Gasteiger charge is 2.37. The van der Waals surface area contributed by atoms with Gasteiger partial charge in [-0.3, -0.25) is 9.59 Å². The molecule has 6 nitrogen and oxygen atoms in total. The molecule has 1 aliphatic heterocycles. The number of phenols is 1. The summed E-state index contributed by atoms with van der Waals surface area (Å²) in [6.07, 6.45) is 0.